The van der Waals surface area contributed by atoms with Crippen molar-refractivity contribution in [1.82, 2.24) is 5.32 Å². The minimum atomic E-state index is -4.28. The second-order valence-corrected chi connectivity index (χ2v) is 4.44. The summed E-state index contributed by atoms with van der Waals surface area (Å²) in [4.78, 5) is 11.7. The molecule has 1 unspecified atom stereocenters. The Morgan fingerprint density at radius 3 is 2.42 bits per heavy atom. The summed E-state index contributed by atoms with van der Waals surface area (Å²) in [5, 5.41) is 2.34. The lowest BCUT2D eigenvalue weighted by molar-refractivity contribution is -0.141. The van der Waals surface area contributed by atoms with Crippen LogP contribution in [0.3, 0.4) is 0 Å². The number of benzene rings is 1. The van der Waals surface area contributed by atoms with Crippen molar-refractivity contribution >= 4 is 5.91 Å². The van der Waals surface area contributed by atoms with Gasteiger partial charge >= 0.3 is 6.18 Å². The highest BCUT2D eigenvalue weighted by atomic mass is 19.4. The van der Waals surface area contributed by atoms with Gasteiger partial charge in [-0.1, -0.05) is 24.3 Å². The third-order valence-corrected chi connectivity index (χ3v) is 2.63. The molecule has 0 radical (unpaired) electrons. The van der Waals surface area contributed by atoms with Crippen LogP contribution in [0.2, 0.25) is 0 Å². The monoisotopic (exact) mass is 274 g/mol. The van der Waals surface area contributed by atoms with Crippen LogP contribution in [0.25, 0.3) is 0 Å². The van der Waals surface area contributed by atoms with Crippen LogP contribution in [0.4, 0.5) is 13.2 Å². The van der Waals surface area contributed by atoms with Crippen molar-refractivity contribution in [2.45, 2.75) is 38.5 Å². The molecule has 0 heterocycles. The zero-order chi connectivity index (χ0) is 14.5. The topological polar surface area (TPSA) is 55.1 Å². The molecule has 1 rings (SSSR count). The maximum atomic E-state index is 12.1. The number of hydrogen-bond donors (Lipinski definition) is 2. The van der Waals surface area contributed by atoms with Crippen molar-refractivity contribution in [3.8, 4) is 0 Å². The van der Waals surface area contributed by atoms with Crippen molar-refractivity contribution in [3.05, 3.63) is 35.4 Å². The molecule has 0 aliphatic carbocycles. The molecular weight excluding hydrogens is 257 g/mol. The van der Waals surface area contributed by atoms with E-state index in [1.807, 2.05) is 0 Å². The van der Waals surface area contributed by atoms with Gasteiger partial charge in [0.2, 0.25) is 5.91 Å². The SMILES string of the molecule is CC(CC(F)(F)F)NC(=O)Cc1ccccc1CN. The lowest BCUT2D eigenvalue weighted by Crippen LogP contribution is -2.37. The molecule has 1 aromatic carbocycles. The fourth-order valence-corrected chi connectivity index (χ4v) is 1.83. The first-order valence-corrected chi connectivity index (χ1v) is 5.95. The van der Waals surface area contributed by atoms with Gasteiger partial charge in [0.05, 0.1) is 12.8 Å². The summed E-state index contributed by atoms with van der Waals surface area (Å²) < 4.78 is 36.4. The first-order valence-electron chi connectivity index (χ1n) is 5.95. The fourth-order valence-electron chi connectivity index (χ4n) is 1.83. The molecule has 106 valence electrons. The Morgan fingerprint density at radius 2 is 1.89 bits per heavy atom. The first-order chi connectivity index (χ1) is 8.81. The van der Waals surface area contributed by atoms with Gasteiger partial charge in [0.1, 0.15) is 0 Å². The normalized spacial score (nSPS) is 13.1. The average Bonchev–Trinajstić information content (AvgIpc) is 2.26. The smallest absolute Gasteiger partial charge is 0.353 e. The van der Waals surface area contributed by atoms with E-state index in [1.54, 1.807) is 24.3 Å². The lowest BCUT2D eigenvalue weighted by Gasteiger charge is -2.16. The van der Waals surface area contributed by atoms with Crippen LogP contribution < -0.4 is 11.1 Å². The molecule has 0 saturated heterocycles. The van der Waals surface area contributed by atoms with Crippen LogP contribution in [0.1, 0.15) is 24.5 Å². The molecule has 0 aliphatic rings. The summed E-state index contributed by atoms with van der Waals surface area (Å²) in [6.07, 6.45) is -5.27. The second-order valence-electron chi connectivity index (χ2n) is 4.44. The summed E-state index contributed by atoms with van der Waals surface area (Å²) in [7, 11) is 0. The molecule has 0 aliphatic heterocycles. The molecule has 1 atom stereocenters. The van der Waals surface area contributed by atoms with Gasteiger partial charge in [-0.25, -0.2) is 0 Å². The van der Waals surface area contributed by atoms with Gasteiger partial charge in [0.15, 0.2) is 0 Å². The van der Waals surface area contributed by atoms with Crippen LogP contribution in [0, 0.1) is 0 Å². The Balaban J connectivity index is 2.56. The summed E-state index contributed by atoms with van der Waals surface area (Å²) in [5.41, 5.74) is 7.09. The van der Waals surface area contributed by atoms with Crippen molar-refractivity contribution in [2.75, 3.05) is 0 Å². The molecule has 6 heteroatoms. The van der Waals surface area contributed by atoms with E-state index >= 15 is 0 Å². The van der Waals surface area contributed by atoms with Crippen molar-refractivity contribution < 1.29 is 18.0 Å². The Labute approximate surface area is 110 Å². The predicted octanol–water partition coefficient (Wildman–Crippen LogP) is 2.14. The number of alkyl halides is 3. The summed E-state index contributed by atoms with van der Waals surface area (Å²) in [5.74, 6) is -0.433. The van der Waals surface area contributed by atoms with Crippen molar-refractivity contribution in [3.63, 3.8) is 0 Å². The van der Waals surface area contributed by atoms with Gasteiger partial charge in [-0.2, -0.15) is 13.2 Å². The Bertz CT molecular complexity index is 432. The maximum absolute atomic E-state index is 12.1. The summed E-state index contributed by atoms with van der Waals surface area (Å²) in [6, 6.07) is 6.17. The summed E-state index contributed by atoms with van der Waals surface area (Å²) in [6.45, 7) is 1.63. The minimum Gasteiger partial charge on any atom is -0.353 e. The number of nitrogens with one attached hydrogen (secondary N) is 1. The van der Waals surface area contributed by atoms with Gasteiger partial charge in [0.25, 0.3) is 0 Å². The van der Waals surface area contributed by atoms with E-state index in [9.17, 15) is 18.0 Å². The quantitative estimate of drug-likeness (QED) is 0.864. The number of carbonyl (C=O) groups excluding carboxylic acids is 1. The molecule has 0 spiro atoms. The Hall–Kier alpha value is -1.56. The fraction of sp³-hybridized carbons (Fsp3) is 0.462. The van der Waals surface area contributed by atoms with E-state index < -0.39 is 24.5 Å². The molecular formula is C13H17F3N2O. The first kappa shape index (κ1) is 15.5. The standard InChI is InChI=1S/C13H17F3N2O/c1-9(7-13(14,15)16)18-12(19)6-10-4-2-3-5-11(10)8-17/h2-5,9H,6-8,17H2,1H3,(H,18,19). The minimum absolute atomic E-state index is 0.0373. The molecule has 3 N–H and O–H groups in total. The van der Waals surface area contributed by atoms with Gasteiger partial charge in [-0.15, -0.1) is 0 Å². The van der Waals surface area contributed by atoms with Gasteiger partial charge in [-0.3, -0.25) is 4.79 Å². The highest BCUT2D eigenvalue weighted by molar-refractivity contribution is 5.79. The lowest BCUT2D eigenvalue weighted by atomic mass is 10.0. The average molecular weight is 274 g/mol. The Morgan fingerprint density at radius 1 is 1.32 bits per heavy atom. The number of rotatable bonds is 5. The largest absolute Gasteiger partial charge is 0.391 e. The van der Waals surface area contributed by atoms with Crippen LogP contribution >= 0.6 is 0 Å². The molecule has 0 saturated carbocycles. The van der Waals surface area contributed by atoms with E-state index in [2.05, 4.69) is 5.32 Å². The zero-order valence-corrected chi connectivity index (χ0v) is 10.6. The van der Waals surface area contributed by atoms with Gasteiger partial charge in [0, 0.05) is 12.6 Å². The van der Waals surface area contributed by atoms with E-state index in [-0.39, 0.29) is 6.42 Å². The molecule has 0 aromatic heterocycles. The molecule has 3 nitrogen and oxygen atoms in total. The molecule has 0 bridgehead atoms. The number of carbonyl (C=O) groups is 1. The third kappa shape index (κ3) is 5.74. The highest BCUT2D eigenvalue weighted by Gasteiger charge is 2.30. The number of amides is 1. The van der Waals surface area contributed by atoms with Crippen molar-refractivity contribution in [2.24, 2.45) is 5.73 Å². The van der Waals surface area contributed by atoms with Gasteiger partial charge in [-0.05, 0) is 18.1 Å². The van der Waals surface area contributed by atoms with Crippen LogP contribution in [-0.2, 0) is 17.8 Å². The highest BCUT2D eigenvalue weighted by Crippen LogP contribution is 2.21. The van der Waals surface area contributed by atoms with Crippen molar-refractivity contribution in [1.29, 1.82) is 0 Å². The van der Waals surface area contributed by atoms with Crippen LogP contribution in [0.5, 0.6) is 0 Å². The molecule has 1 aromatic rings. The number of nitrogens with two attached hydrogens (primary N) is 1. The molecule has 19 heavy (non-hydrogen) atoms. The predicted molar refractivity (Wildman–Crippen MR) is 66.3 cm³/mol. The molecule has 0 fully saturated rings. The van der Waals surface area contributed by atoms with Crippen LogP contribution in [-0.4, -0.2) is 18.1 Å². The molecule has 1 amide bonds. The van der Waals surface area contributed by atoms with E-state index in [4.69, 9.17) is 5.73 Å². The second kappa shape index (κ2) is 6.56. The van der Waals surface area contributed by atoms with Gasteiger partial charge < -0.3 is 11.1 Å². The van der Waals surface area contributed by atoms with E-state index in [1.165, 1.54) is 6.92 Å². The van der Waals surface area contributed by atoms with E-state index in [0.717, 1.165) is 11.1 Å². The maximum Gasteiger partial charge on any atom is 0.391 e. The Kier molecular flexibility index (Phi) is 5.35. The zero-order valence-electron chi connectivity index (χ0n) is 10.6. The number of halogens is 3. The summed E-state index contributed by atoms with van der Waals surface area (Å²) >= 11 is 0. The van der Waals surface area contributed by atoms with Crippen LogP contribution in [0.15, 0.2) is 24.3 Å². The third-order valence-electron chi connectivity index (χ3n) is 2.63. The van der Waals surface area contributed by atoms with E-state index in [0.29, 0.717) is 6.54 Å². The number of hydrogen-bond acceptors (Lipinski definition) is 2.